The first kappa shape index (κ1) is 19.6. The third kappa shape index (κ3) is 5.67. The van der Waals surface area contributed by atoms with E-state index < -0.39 is 11.2 Å². The molecule has 3 aromatic rings. The highest BCUT2D eigenvalue weighted by Crippen LogP contribution is 2.33. The first-order valence-corrected chi connectivity index (χ1v) is 9.81. The van der Waals surface area contributed by atoms with Crippen LogP contribution in [0.15, 0.2) is 77.7 Å². The summed E-state index contributed by atoms with van der Waals surface area (Å²) in [6.45, 7) is 0. The van der Waals surface area contributed by atoms with Crippen molar-refractivity contribution in [2.75, 3.05) is 0 Å². The minimum Gasteiger partial charge on any atom is -0.480 e. The van der Waals surface area contributed by atoms with E-state index in [0.717, 1.165) is 10.5 Å². The van der Waals surface area contributed by atoms with Gasteiger partial charge < -0.3 is 9.84 Å². The first-order valence-electron chi connectivity index (χ1n) is 8.17. The van der Waals surface area contributed by atoms with E-state index in [0.29, 0.717) is 21.5 Å². The zero-order valence-electron chi connectivity index (χ0n) is 14.1. The number of carbonyl (C=O) groups is 1. The van der Waals surface area contributed by atoms with Crippen LogP contribution >= 0.6 is 35.0 Å². The minimum atomic E-state index is -0.902. The van der Waals surface area contributed by atoms with Crippen LogP contribution in [0.3, 0.4) is 0 Å². The summed E-state index contributed by atoms with van der Waals surface area (Å²) in [5, 5.41) is 10.1. The zero-order valence-corrected chi connectivity index (χ0v) is 16.5. The highest BCUT2D eigenvalue weighted by molar-refractivity contribution is 8.00. The molecule has 0 spiro atoms. The van der Waals surface area contributed by atoms with Gasteiger partial charge in [-0.15, -0.1) is 11.8 Å². The third-order valence-corrected chi connectivity index (χ3v) is 5.45. The number of aliphatic carboxylic acids is 1. The van der Waals surface area contributed by atoms with Gasteiger partial charge in [0.05, 0.1) is 0 Å². The van der Waals surface area contributed by atoms with Gasteiger partial charge >= 0.3 is 5.97 Å². The van der Waals surface area contributed by atoms with Crippen molar-refractivity contribution in [2.45, 2.75) is 16.6 Å². The summed E-state index contributed by atoms with van der Waals surface area (Å²) in [7, 11) is 0. The van der Waals surface area contributed by atoms with Gasteiger partial charge in [-0.25, -0.2) is 0 Å². The van der Waals surface area contributed by atoms with Gasteiger partial charge in [0.25, 0.3) is 0 Å². The fourth-order valence-corrected chi connectivity index (χ4v) is 3.79. The number of carboxylic acids is 1. The normalized spacial score (nSPS) is 11.8. The smallest absolute Gasteiger partial charge is 0.317 e. The van der Waals surface area contributed by atoms with Crippen LogP contribution in [0, 0.1) is 0 Å². The highest BCUT2D eigenvalue weighted by atomic mass is 35.5. The quantitative estimate of drug-likeness (QED) is 0.440. The zero-order chi connectivity index (χ0) is 19.2. The minimum absolute atomic E-state index is 0.269. The van der Waals surface area contributed by atoms with Crippen molar-refractivity contribution in [2.24, 2.45) is 0 Å². The van der Waals surface area contributed by atoms with Gasteiger partial charge in [-0.1, -0.05) is 41.4 Å². The first-order chi connectivity index (χ1) is 13.0. The van der Waals surface area contributed by atoms with Crippen molar-refractivity contribution in [3.05, 3.63) is 88.4 Å². The van der Waals surface area contributed by atoms with Gasteiger partial charge in [-0.3, -0.25) is 4.79 Å². The van der Waals surface area contributed by atoms with E-state index in [2.05, 4.69) is 0 Å². The van der Waals surface area contributed by atoms with E-state index in [1.54, 1.807) is 30.3 Å². The van der Waals surface area contributed by atoms with Gasteiger partial charge in [0, 0.05) is 14.9 Å². The Labute approximate surface area is 171 Å². The molecule has 0 aliphatic rings. The molecule has 0 aliphatic carbocycles. The van der Waals surface area contributed by atoms with Crippen LogP contribution in [-0.2, 0) is 11.2 Å². The van der Waals surface area contributed by atoms with Crippen LogP contribution < -0.4 is 4.74 Å². The number of para-hydroxylation sites is 1. The highest BCUT2D eigenvalue weighted by Gasteiger charge is 2.22. The maximum absolute atomic E-state index is 11.8. The number of ether oxygens (including phenoxy) is 1. The van der Waals surface area contributed by atoms with Crippen LogP contribution in [0.2, 0.25) is 10.0 Å². The van der Waals surface area contributed by atoms with E-state index in [1.165, 1.54) is 11.8 Å². The molecule has 3 aromatic carbocycles. The Bertz CT molecular complexity index is 914. The lowest BCUT2D eigenvalue weighted by molar-refractivity contribution is -0.136. The lowest BCUT2D eigenvalue weighted by atomic mass is 10.1. The number of hydrogen-bond acceptors (Lipinski definition) is 3. The summed E-state index contributed by atoms with van der Waals surface area (Å²) >= 11 is 13.3. The van der Waals surface area contributed by atoms with Crippen LogP contribution in [0.5, 0.6) is 11.5 Å². The monoisotopic (exact) mass is 418 g/mol. The Kier molecular flexibility index (Phi) is 6.67. The van der Waals surface area contributed by atoms with Crippen molar-refractivity contribution < 1.29 is 14.6 Å². The second-order valence-corrected chi connectivity index (χ2v) is 7.92. The van der Waals surface area contributed by atoms with Crippen molar-refractivity contribution in [1.82, 2.24) is 0 Å². The molecule has 0 radical (unpaired) electrons. The molecule has 1 N–H and O–H groups in total. The largest absolute Gasteiger partial charge is 0.480 e. The van der Waals surface area contributed by atoms with E-state index in [1.807, 2.05) is 42.5 Å². The maximum Gasteiger partial charge on any atom is 0.317 e. The summed E-state index contributed by atoms with van der Waals surface area (Å²) in [4.78, 5) is 12.6. The second-order valence-electron chi connectivity index (χ2n) is 5.77. The number of rotatable bonds is 7. The van der Waals surface area contributed by atoms with E-state index in [-0.39, 0.29) is 6.42 Å². The molecule has 0 aromatic heterocycles. The molecule has 0 saturated heterocycles. The molecule has 1 unspecified atom stereocenters. The standard InChI is InChI=1S/C21H16Cl2O3S/c22-15-6-9-18(10-7-15)27-20(21(24)25)13-14-12-16(23)8-11-19(14)26-17-4-2-1-3-5-17/h1-12,20H,13H2,(H,24,25). The molecule has 3 nitrogen and oxygen atoms in total. The predicted molar refractivity (Wildman–Crippen MR) is 110 cm³/mol. The summed E-state index contributed by atoms with van der Waals surface area (Å²) < 4.78 is 5.93. The van der Waals surface area contributed by atoms with Crippen LogP contribution in [0.1, 0.15) is 5.56 Å². The van der Waals surface area contributed by atoms with Crippen LogP contribution in [-0.4, -0.2) is 16.3 Å². The molecule has 0 heterocycles. The molecule has 138 valence electrons. The van der Waals surface area contributed by atoms with Crippen molar-refractivity contribution in [3.63, 3.8) is 0 Å². The number of hydrogen-bond donors (Lipinski definition) is 1. The summed E-state index contributed by atoms with van der Waals surface area (Å²) in [6.07, 6.45) is 0.269. The van der Waals surface area contributed by atoms with Crippen molar-refractivity contribution in [3.8, 4) is 11.5 Å². The summed E-state index contributed by atoms with van der Waals surface area (Å²) in [6, 6.07) is 21.7. The lowest BCUT2D eigenvalue weighted by Crippen LogP contribution is -2.19. The Morgan fingerprint density at radius 3 is 2.30 bits per heavy atom. The topological polar surface area (TPSA) is 46.5 Å². The number of benzene rings is 3. The third-order valence-electron chi connectivity index (χ3n) is 3.77. The number of halogens is 2. The van der Waals surface area contributed by atoms with Crippen molar-refractivity contribution >= 4 is 40.9 Å². The van der Waals surface area contributed by atoms with Crippen LogP contribution in [0.4, 0.5) is 0 Å². The predicted octanol–water partition coefficient (Wildman–Crippen LogP) is 6.57. The average molecular weight is 419 g/mol. The molecule has 0 aliphatic heterocycles. The molecule has 3 rings (SSSR count). The Morgan fingerprint density at radius 2 is 1.63 bits per heavy atom. The fraction of sp³-hybridized carbons (Fsp3) is 0.0952. The molecule has 6 heteroatoms. The van der Waals surface area contributed by atoms with Gasteiger partial charge in [0.1, 0.15) is 16.7 Å². The van der Waals surface area contributed by atoms with Crippen molar-refractivity contribution in [1.29, 1.82) is 0 Å². The molecular weight excluding hydrogens is 403 g/mol. The summed E-state index contributed by atoms with van der Waals surface area (Å²) in [5.41, 5.74) is 0.736. The Balaban J connectivity index is 1.83. The Morgan fingerprint density at radius 1 is 0.963 bits per heavy atom. The average Bonchev–Trinajstić information content (AvgIpc) is 2.66. The molecule has 0 amide bonds. The molecule has 27 heavy (non-hydrogen) atoms. The SMILES string of the molecule is O=C(O)C(Cc1cc(Cl)ccc1Oc1ccccc1)Sc1ccc(Cl)cc1. The van der Waals surface area contributed by atoms with Gasteiger partial charge in [0.15, 0.2) is 0 Å². The molecular formula is C21H16Cl2O3S. The molecule has 1 atom stereocenters. The van der Waals surface area contributed by atoms with Crippen LogP contribution in [0.25, 0.3) is 0 Å². The number of thioether (sulfide) groups is 1. The fourth-order valence-electron chi connectivity index (χ4n) is 2.48. The lowest BCUT2D eigenvalue weighted by Gasteiger charge is -2.16. The molecule has 0 saturated carbocycles. The summed E-state index contributed by atoms with van der Waals surface area (Å²) in [5.74, 6) is 0.368. The maximum atomic E-state index is 11.8. The van der Waals surface area contributed by atoms with E-state index in [9.17, 15) is 9.90 Å². The Hall–Kier alpha value is -2.14. The van der Waals surface area contributed by atoms with Gasteiger partial charge in [-0.05, 0) is 66.6 Å². The van der Waals surface area contributed by atoms with E-state index in [4.69, 9.17) is 27.9 Å². The van der Waals surface area contributed by atoms with E-state index >= 15 is 0 Å². The number of carboxylic acid groups (broad SMARTS) is 1. The van der Waals surface area contributed by atoms with Gasteiger partial charge in [-0.2, -0.15) is 0 Å². The second kappa shape index (κ2) is 9.18. The van der Waals surface area contributed by atoms with Gasteiger partial charge in [0.2, 0.25) is 0 Å². The molecule has 0 fully saturated rings. The molecule has 0 bridgehead atoms.